The monoisotopic (exact) mass is 532 g/mol. The average molecular weight is 532 g/mol. The third kappa shape index (κ3) is 6.05. The van der Waals surface area contributed by atoms with Crippen LogP contribution >= 0.6 is 24.0 Å². The van der Waals surface area contributed by atoms with Gasteiger partial charge in [0.2, 0.25) is 0 Å². The first-order chi connectivity index (χ1) is 13.2. The fourth-order valence-corrected chi connectivity index (χ4v) is 4.30. The molecule has 0 saturated carbocycles. The predicted molar refractivity (Wildman–Crippen MR) is 125 cm³/mol. The fourth-order valence-electron chi connectivity index (χ4n) is 3.34. The standard InChI is InChI=1S/C20H25FN4O2S.HI/c1-15-13-16(3-8-19(15)28(2,26)27)14-23-20(22)25-11-9-24(10-12-25)18-6-4-17(21)5-7-18;/h3-8,13H,9-12,14H2,1-2H3,(H2,22,23);1H. The van der Waals surface area contributed by atoms with Crippen molar-refractivity contribution in [1.29, 1.82) is 0 Å². The van der Waals surface area contributed by atoms with Crippen molar-refractivity contribution >= 4 is 45.5 Å². The first kappa shape index (κ1) is 23.4. The van der Waals surface area contributed by atoms with Crippen molar-refractivity contribution in [3.63, 3.8) is 0 Å². The van der Waals surface area contributed by atoms with Gasteiger partial charge in [-0.25, -0.2) is 17.8 Å². The molecule has 1 aliphatic rings. The summed E-state index contributed by atoms with van der Waals surface area (Å²) in [6, 6.07) is 11.7. The lowest BCUT2D eigenvalue weighted by molar-refractivity contribution is 0.380. The van der Waals surface area contributed by atoms with Crippen molar-refractivity contribution in [2.45, 2.75) is 18.4 Å². The maximum atomic E-state index is 13.1. The summed E-state index contributed by atoms with van der Waals surface area (Å²) in [5, 5.41) is 0. The number of nitrogens with zero attached hydrogens (tertiary/aromatic N) is 3. The summed E-state index contributed by atoms with van der Waals surface area (Å²) in [5.74, 6) is 0.238. The summed E-state index contributed by atoms with van der Waals surface area (Å²) in [4.78, 5) is 9.02. The molecule has 0 radical (unpaired) electrons. The number of sulfone groups is 1. The zero-order valence-corrected chi connectivity index (χ0v) is 19.7. The number of aliphatic imine (C=N–C) groups is 1. The minimum Gasteiger partial charge on any atom is -0.370 e. The van der Waals surface area contributed by atoms with E-state index in [9.17, 15) is 12.8 Å². The van der Waals surface area contributed by atoms with Gasteiger partial charge in [0, 0.05) is 38.1 Å². The summed E-state index contributed by atoms with van der Waals surface area (Å²) in [5.41, 5.74) is 8.77. The summed E-state index contributed by atoms with van der Waals surface area (Å²) < 4.78 is 36.5. The van der Waals surface area contributed by atoms with Crippen LogP contribution in [-0.2, 0) is 16.4 Å². The van der Waals surface area contributed by atoms with Crippen LogP contribution in [-0.4, -0.2) is 51.7 Å². The third-order valence-corrected chi connectivity index (χ3v) is 6.11. The number of guanidine groups is 1. The Kier molecular flexibility index (Phi) is 7.87. The molecule has 2 N–H and O–H groups in total. The topological polar surface area (TPSA) is 79.0 Å². The predicted octanol–water partition coefficient (Wildman–Crippen LogP) is 2.79. The molecule has 1 heterocycles. The lowest BCUT2D eigenvalue weighted by Crippen LogP contribution is -2.51. The first-order valence-corrected chi connectivity index (χ1v) is 11.0. The first-order valence-electron chi connectivity index (χ1n) is 9.09. The molecule has 1 fully saturated rings. The highest BCUT2D eigenvalue weighted by atomic mass is 127. The Morgan fingerprint density at radius 3 is 2.28 bits per heavy atom. The van der Waals surface area contributed by atoms with E-state index in [1.807, 2.05) is 11.0 Å². The maximum absolute atomic E-state index is 13.1. The summed E-state index contributed by atoms with van der Waals surface area (Å²) in [6.07, 6.45) is 1.21. The summed E-state index contributed by atoms with van der Waals surface area (Å²) >= 11 is 0. The Labute approximate surface area is 188 Å². The van der Waals surface area contributed by atoms with Crippen molar-refractivity contribution in [2.24, 2.45) is 10.7 Å². The number of nitrogens with two attached hydrogens (primary N) is 1. The van der Waals surface area contributed by atoms with Crippen molar-refractivity contribution in [3.05, 3.63) is 59.4 Å². The number of halogens is 2. The molecule has 0 bridgehead atoms. The second-order valence-electron chi connectivity index (χ2n) is 7.00. The number of piperazine rings is 1. The Hall–Kier alpha value is -1.88. The number of rotatable bonds is 4. The van der Waals surface area contributed by atoms with E-state index in [1.165, 1.54) is 18.4 Å². The van der Waals surface area contributed by atoms with E-state index in [-0.39, 0.29) is 29.8 Å². The molecular weight excluding hydrogens is 506 g/mol. The van der Waals surface area contributed by atoms with Gasteiger partial charge in [-0.3, -0.25) is 0 Å². The molecule has 0 unspecified atom stereocenters. The largest absolute Gasteiger partial charge is 0.370 e. The molecule has 1 aliphatic heterocycles. The highest BCUT2D eigenvalue weighted by Gasteiger charge is 2.18. The number of aryl methyl sites for hydroxylation is 1. The van der Waals surface area contributed by atoms with Crippen LogP contribution in [0.5, 0.6) is 0 Å². The Morgan fingerprint density at radius 1 is 1.10 bits per heavy atom. The van der Waals surface area contributed by atoms with E-state index in [2.05, 4.69) is 9.89 Å². The van der Waals surface area contributed by atoms with Crippen molar-refractivity contribution in [1.82, 2.24) is 4.90 Å². The van der Waals surface area contributed by atoms with E-state index in [1.54, 1.807) is 31.2 Å². The van der Waals surface area contributed by atoms with Gasteiger partial charge in [0.15, 0.2) is 15.8 Å². The number of benzene rings is 2. The van der Waals surface area contributed by atoms with Crippen molar-refractivity contribution in [3.8, 4) is 0 Å². The van der Waals surface area contributed by atoms with Gasteiger partial charge in [0.05, 0.1) is 11.4 Å². The molecule has 2 aromatic carbocycles. The molecule has 0 aliphatic carbocycles. The highest BCUT2D eigenvalue weighted by Crippen LogP contribution is 2.18. The zero-order valence-electron chi connectivity index (χ0n) is 16.5. The average Bonchev–Trinajstić information content (AvgIpc) is 2.66. The van der Waals surface area contributed by atoms with Gasteiger partial charge >= 0.3 is 0 Å². The van der Waals surface area contributed by atoms with E-state index in [4.69, 9.17) is 5.73 Å². The van der Waals surface area contributed by atoms with Crippen LogP contribution in [0.1, 0.15) is 11.1 Å². The smallest absolute Gasteiger partial charge is 0.191 e. The Balaban J connectivity index is 0.00000300. The van der Waals surface area contributed by atoms with Crippen molar-refractivity contribution < 1.29 is 12.8 Å². The SMILES string of the molecule is Cc1cc(CN=C(N)N2CCN(c3ccc(F)cc3)CC2)ccc1S(C)(=O)=O.I. The highest BCUT2D eigenvalue weighted by molar-refractivity contribution is 14.0. The lowest BCUT2D eigenvalue weighted by Gasteiger charge is -2.36. The fraction of sp³-hybridized carbons (Fsp3) is 0.350. The Morgan fingerprint density at radius 2 is 1.72 bits per heavy atom. The quantitative estimate of drug-likeness (QED) is 0.373. The number of hydrogen-bond acceptors (Lipinski definition) is 4. The van der Waals surface area contributed by atoms with Gasteiger partial charge in [0.25, 0.3) is 0 Å². The van der Waals surface area contributed by atoms with Crippen LogP contribution in [0, 0.1) is 12.7 Å². The van der Waals surface area contributed by atoms with E-state index in [0.717, 1.165) is 37.4 Å². The normalized spacial score (nSPS) is 15.2. The van der Waals surface area contributed by atoms with Crippen molar-refractivity contribution in [2.75, 3.05) is 37.3 Å². The van der Waals surface area contributed by atoms with Gasteiger partial charge < -0.3 is 15.5 Å². The molecule has 0 aromatic heterocycles. The number of hydrogen-bond donors (Lipinski definition) is 1. The Bertz CT molecular complexity index is 972. The minimum atomic E-state index is -3.22. The molecule has 6 nitrogen and oxygen atoms in total. The summed E-state index contributed by atoms with van der Waals surface area (Å²) in [6.45, 7) is 5.21. The molecule has 3 rings (SSSR count). The van der Waals surface area contributed by atoms with E-state index in [0.29, 0.717) is 23.0 Å². The van der Waals surface area contributed by atoms with Crippen LogP contribution in [0.4, 0.5) is 10.1 Å². The molecule has 2 aromatic rings. The van der Waals surface area contributed by atoms with Crippen LogP contribution < -0.4 is 10.6 Å². The second kappa shape index (κ2) is 9.75. The molecule has 0 spiro atoms. The van der Waals surface area contributed by atoms with Crippen LogP contribution in [0.2, 0.25) is 0 Å². The van der Waals surface area contributed by atoms with Gasteiger partial charge in [-0.1, -0.05) is 12.1 Å². The second-order valence-corrected chi connectivity index (χ2v) is 8.98. The number of anilines is 1. The molecule has 1 saturated heterocycles. The van der Waals surface area contributed by atoms with Crippen LogP contribution in [0.25, 0.3) is 0 Å². The van der Waals surface area contributed by atoms with Gasteiger partial charge in [0.1, 0.15) is 5.82 Å². The third-order valence-electron chi connectivity index (χ3n) is 4.86. The molecule has 9 heteroatoms. The van der Waals surface area contributed by atoms with Crippen LogP contribution in [0.3, 0.4) is 0 Å². The zero-order chi connectivity index (χ0) is 20.3. The van der Waals surface area contributed by atoms with Gasteiger partial charge in [-0.05, 0) is 48.4 Å². The lowest BCUT2D eigenvalue weighted by atomic mass is 10.1. The molecular formula is C20H26FIN4O2S. The van der Waals surface area contributed by atoms with Crippen LogP contribution in [0.15, 0.2) is 52.4 Å². The molecule has 29 heavy (non-hydrogen) atoms. The maximum Gasteiger partial charge on any atom is 0.191 e. The van der Waals surface area contributed by atoms with E-state index >= 15 is 0 Å². The van der Waals surface area contributed by atoms with Gasteiger partial charge in [-0.2, -0.15) is 0 Å². The van der Waals surface area contributed by atoms with E-state index < -0.39 is 9.84 Å². The minimum absolute atomic E-state index is 0. The molecule has 0 amide bonds. The molecule has 0 atom stereocenters. The summed E-state index contributed by atoms with van der Waals surface area (Å²) in [7, 11) is -3.22. The molecule has 158 valence electrons. The van der Waals surface area contributed by atoms with Gasteiger partial charge in [-0.15, -0.1) is 24.0 Å².